The van der Waals surface area contributed by atoms with Gasteiger partial charge in [0.1, 0.15) is 12.4 Å². The van der Waals surface area contributed by atoms with Crippen molar-refractivity contribution in [1.82, 2.24) is 10.6 Å². The van der Waals surface area contributed by atoms with E-state index < -0.39 is 6.17 Å². The molecule has 0 aromatic heterocycles. The van der Waals surface area contributed by atoms with Gasteiger partial charge in [0.2, 0.25) is 5.78 Å². The van der Waals surface area contributed by atoms with Crippen molar-refractivity contribution in [2.75, 3.05) is 0 Å². The molecule has 0 radical (unpaired) electrons. The first-order valence-corrected chi connectivity index (χ1v) is 7.23. The number of hydrogen-bond acceptors (Lipinski definition) is 4. The molecular formula is C18H18N2O2. The van der Waals surface area contributed by atoms with E-state index in [1.54, 1.807) is 12.4 Å². The molecular weight excluding hydrogens is 276 g/mol. The standard InChI is InChI=1S/C18H18N2O2/c1-13-6-2-5-9-16(13)22-12-14-7-3-4-8-15(14)17(21)18-19-10-11-20-18/h2-11,18-20H,12H2,1H3. The SMILES string of the molecule is Cc1ccccc1OCc1ccccc1C(=O)C1NC=CN1. The summed E-state index contributed by atoms with van der Waals surface area (Å²) in [7, 11) is 0. The molecule has 1 heterocycles. The molecule has 4 heteroatoms. The maximum Gasteiger partial charge on any atom is 0.205 e. The third-order valence-electron chi connectivity index (χ3n) is 3.63. The zero-order valence-electron chi connectivity index (χ0n) is 12.4. The van der Waals surface area contributed by atoms with Gasteiger partial charge in [-0.3, -0.25) is 4.79 Å². The number of carbonyl (C=O) groups is 1. The van der Waals surface area contributed by atoms with Crippen molar-refractivity contribution >= 4 is 5.78 Å². The second-order valence-corrected chi connectivity index (χ2v) is 5.18. The summed E-state index contributed by atoms with van der Waals surface area (Å²) in [6.45, 7) is 2.37. The van der Waals surface area contributed by atoms with Crippen LogP contribution in [0.5, 0.6) is 5.75 Å². The minimum atomic E-state index is -0.403. The summed E-state index contributed by atoms with van der Waals surface area (Å²) in [4.78, 5) is 12.5. The van der Waals surface area contributed by atoms with Gasteiger partial charge in [-0.05, 0) is 18.6 Å². The largest absolute Gasteiger partial charge is 0.489 e. The Hall–Kier alpha value is -2.75. The number of para-hydroxylation sites is 1. The normalized spacial score (nSPS) is 13.5. The van der Waals surface area contributed by atoms with Gasteiger partial charge in [0.15, 0.2) is 6.17 Å². The molecule has 1 aliphatic rings. The predicted octanol–water partition coefficient (Wildman–Crippen LogP) is 2.75. The number of rotatable bonds is 5. The fourth-order valence-electron chi connectivity index (χ4n) is 2.40. The Kier molecular flexibility index (Phi) is 4.10. The first-order chi connectivity index (χ1) is 10.8. The lowest BCUT2D eigenvalue weighted by Gasteiger charge is -2.15. The lowest BCUT2D eigenvalue weighted by Crippen LogP contribution is -2.39. The molecule has 0 unspecified atom stereocenters. The van der Waals surface area contributed by atoms with Crippen LogP contribution in [-0.2, 0) is 6.61 Å². The number of aryl methyl sites for hydroxylation is 1. The number of carbonyl (C=O) groups excluding carboxylic acids is 1. The van der Waals surface area contributed by atoms with E-state index in [9.17, 15) is 4.79 Å². The van der Waals surface area contributed by atoms with E-state index in [0.29, 0.717) is 12.2 Å². The predicted molar refractivity (Wildman–Crippen MR) is 85.5 cm³/mol. The van der Waals surface area contributed by atoms with Crippen LogP contribution in [-0.4, -0.2) is 11.9 Å². The Labute approximate surface area is 129 Å². The number of ether oxygens (including phenoxy) is 1. The molecule has 0 saturated heterocycles. The number of benzene rings is 2. The second kappa shape index (κ2) is 6.35. The van der Waals surface area contributed by atoms with Crippen molar-refractivity contribution in [2.45, 2.75) is 19.7 Å². The van der Waals surface area contributed by atoms with Gasteiger partial charge >= 0.3 is 0 Å². The average Bonchev–Trinajstić information content (AvgIpc) is 3.08. The molecule has 112 valence electrons. The zero-order valence-corrected chi connectivity index (χ0v) is 12.4. The Morgan fingerprint density at radius 3 is 2.50 bits per heavy atom. The molecule has 0 spiro atoms. The fourth-order valence-corrected chi connectivity index (χ4v) is 2.40. The highest BCUT2D eigenvalue weighted by Gasteiger charge is 2.22. The molecule has 0 fully saturated rings. The summed E-state index contributed by atoms with van der Waals surface area (Å²) in [5.41, 5.74) is 2.63. The molecule has 4 nitrogen and oxygen atoms in total. The van der Waals surface area contributed by atoms with Gasteiger partial charge in [-0.15, -0.1) is 0 Å². The van der Waals surface area contributed by atoms with Crippen LogP contribution in [0.1, 0.15) is 21.5 Å². The maximum absolute atomic E-state index is 12.5. The number of hydrogen-bond donors (Lipinski definition) is 2. The number of Topliss-reactive ketones (excluding diaryl/α,β-unsaturated/α-hetero) is 1. The molecule has 2 N–H and O–H groups in total. The molecule has 2 aromatic carbocycles. The molecule has 0 saturated carbocycles. The molecule has 3 rings (SSSR count). The smallest absolute Gasteiger partial charge is 0.205 e. The molecule has 0 aliphatic carbocycles. The van der Waals surface area contributed by atoms with Crippen LogP contribution in [0.4, 0.5) is 0 Å². The van der Waals surface area contributed by atoms with Crippen LogP contribution in [0.3, 0.4) is 0 Å². The van der Waals surface area contributed by atoms with Crippen LogP contribution >= 0.6 is 0 Å². The first kappa shape index (κ1) is 14.2. The Balaban J connectivity index is 1.76. The van der Waals surface area contributed by atoms with Gasteiger partial charge in [0, 0.05) is 23.5 Å². The minimum absolute atomic E-state index is 0.00832. The zero-order chi connectivity index (χ0) is 15.4. The van der Waals surface area contributed by atoms with E-state index in [4.69, 9.17) is 4.74 Å². The van der Waals surface area contributed by atoms with Crippen molar-refractivity contribution in [3.63, 3.8) is 0 Å². The van der Waals surface area contributed by atoms with Crippen LogP contribution < -0.4 is 15.4 Å². The van der Waals surface area contributed by atoms with Crippen molar-refractivity contribution in [2.24, 2.45) is 0 Å². The molecule has 0 amide bonds. The van der Waals surface area contributed by atoms with Crippen LogP contribution in [0.25, 0.3) is 0 Å². The van der Waals surface area contributed by atoms with Gasteiger partial charge in [0.05, 0.1) is 0 Å². The highest BCUT2D eigenvalue weighted by molar-refractivity contribution is 6.01. The van der Waals surface area contributed by atoms with Gasteiger partial charge in [-0.2, -0.15) is 0 Å². The first-order valence-electron chi connectivity index (χ1n) is 7.23. The van der Waals surface area contributed by atoms with Crippen molar-refractivity contribution in [1.29, 1.82) is 0 Å². The number of nitrogens with one attached hydrogen (secondary N) is 2. The lowest BCUT2D eigenvalue weighted by molar-refractivity contribution is 0.0942. The molecule has 0 bridgehead atoms. The highest BCUT2D eigenvalue weighted by atomic mass is 16.5. The summed E-state index contributed by atoms with van der Waals surface area (Å²) < 4.78 is 5.87. The Bertz CT molecular complexity index is 702. The maximum atomic E-state index is 12.5. The molecule has 2 aromatic rings. The van der Waals surface area contributed by atoms with Crippen LogP contribution in [0.15, 0.2) is 60.9 Å². The average molecular weight is 294 g/mol. The van der Waals surface area contributed by atoms with E-state index >= 15 is 0 Å². The topological polar surface area (TPSA) is 50.4 Å². The number of ketones is 1. The van der Waals surface area contributed by atoms with E-state index in [0.717, 1.165) is 16.9 Å². The third kappa shape index (κ3) is 2.96. The lowest BCUT2D eigenvalue weighted by atomic mass is 10.0. The summed E-state index contributed by atoms with van der Waals surface area (Å²) in [6.07, 6.45) is 3.06. The van der Waals surface area contributed by atoms with Gasteiger partial charge in [-0.25, -0.2) is 0 Å². The van der Waals surface area contributed by atoms with Gasteiger partial charge < -0.3 is 15.4 Å². The van der Waals surface area contributed by atoms with E-state index in [2.05, 4.69) is 10.6 Å². The van der Waals surface area contributed by atoms with E-state index in [1.807, 2.05) is 55.5 Å². The van der Waals surface area contributed by atoms with Gasteiger partial charge in [-0.1, -0.05) is 42.5 Å². The molecule has 22 heavy (non-hydrogen) atoms. The van der Waals surface area contributed by atoms with Crippen molar-refractivity contribution in [3.8, 4) is 5.75 Å². The second-order valence-electron chi connectivity index (χ2n) is 5.18. The van der Waals surface area contributed by atoms with Crippen LogP contribution in [0, 0.1) is 6.92 Å². The third-order valence-corrected chi connectivity index (χ3v) is 3.63. The van der Waals surface area contributed by atoms with E-state index in [-0.39, 0.29) is 5.78 Å². The molecule has 1 aliphatic heterocycles. The van der Waals surface area contributed by atoms with Crippen molar-refractivity contribution in [3.05, 3.63) is 77.6 Å². The summed E-state index contributed by atoms with van der Waals surface area (Å²) in [6, 6.07) is 15.4. The van der Waals surface area contributed by atoms with Gasteiger partial charge in [0.25, 0.3) is 0 Å². The summed E-state index contributed by atoms with van der Waals surface area (Å²) >= 11 is 0. The minimum Gasteiger partial charge on any atom is -0.489 e. The Morgan fingerprint density at radius 2 is 1.73 bits per heavy atom. The van der Waals surface area contributed by atoms with E-state index in [1.165, 1.54) is 0 Å². The highest BCUT2D eigenvalue weighted by Crippen LogP contribution is 2.19. The quantitative estimate of drug-likeness (QED) is 0.833. The summed E-state index contributed by atoms with van der Waals surface area (Å²) in [5.74, 6) is 0.845. The van der Waals surface area contributed by atoms with Crippen LogP contribution in [0.2, 0.25) is 0 Å². The van der Waals surface area contributed by atoms with Crippen molar-refractivity contribution < 1.29 is 9.53 Å². The summed E-state index contributed by atoms with van der Waals surface area (Å²) in [5, 5.41) is 5.97. The fraction of sp³-hybridized carbons (Fsp3) is 0.167. The molecule has 0 atom stereocenters. The Morgan fingerprint density at radius 1 is 1.05 bits per heavy atom. The monoisotopic (exact) mass is 294 g/mol.